The van der Waals surface area contributed by atoms with E-state index in [9.17, 15) is 0 Å². The molecule has 0 unspecified atom stereocenters. The van der Waals surface area contributed by atoms with Crippen LogP contribution in [0.25, 0.3) is 0 Å². The Morgan fingerprint density at radius 2 is 1.68 bits per heavy atom. The number of anilines is 1. The maximum absolute atomic E-state index is 5.62. The molecule has 0 spiro atoms. The molecule has 0 fully saturated rings. The van der Waals surface area contributed by atoms with Gasteiger partial charge in [-0.25, -0.2) is 0 Å². The molecule has 0 atom stereocenters. The van der Waals surface area contributed by atoms with Gasteiger partial charge < -0.3 is 19.3 Å². The highest BCUT2D eigenvalue weighted by Gasteiger charge is 2.13. The Kier molecular flexibility index (Phi) is 4.91. The van der Waals surface area contributed by atoms with Gasteiger partial charge in [-0.3, -0.25) is 0 Å². The van der Waals surface area contributed by atoms with Crippen LogP contribution in [0.15, 0.2) is 18.2 Å². The second-order valence-electron chi connectivity index (χ2n) is 4.78. The van der Waals surface area contributed by atoms with Crippen LogP contribution in [0.2, 0.25) is 0 Å². The molecule has 0 aromatic heterocycles. The van der Waals surface area contributed by atoms with E-state index in [1.807, 2.05) is 6.07 Å². The first-order valence-electron chi connectivity index (χ1n) is 7.07. The number of likely N-dealkylation sites (N-methyl/N-ethyl adjacent to an activating group) is 2. The largest absolute Gasteiger partial charge is 0.486 e. The Bertz CT molecular complexity index is 405. The number of fused-ring (bicyclic) bond motifs is 1. The minimum atomic E-state index is 0.639. The Labute approximate surface area is 115 Å². The summed E-state index contributed by atoms with van der Waals surface area (Å²) >= 11 is 0. The van der Waals surface area contributed by atoms with Crippen molar-refractivity contribution in [1.82, 2.24) is 4.90 Å². The van der Waals surface area contributed by atoms with E-state index in [0.29, 0.717) is 13.2 Å². The smallest absolute Gasteiger partial charge is 0.163 e. The fourth-order valence-corrected chi connectivity index (χ4v) is 2.23. The Morgan fingerprint density at radius 1 is 1.00 bits per heavy atom. The molecule has 4 nitrogen and oxygen atoms in total. The number of hydrogen-bond donors (Lipinski definition) is 0. The van der Waals surface area contributed by atoms with Crippen molar-refractivity contribution in [3.63, 3.8) is 0 Å². The van der Waals surface area contributed by atoms with Crippen molar-refractivity contribution in [3.8, 4) is 11.5 Å². The number of hydrogen-bond acceptors (Lipinski definition) is 4. The van der Waals surface area contributed by atoms with Crippen molar-refractivity contribution in [2.75, 3.05) is 51.3 Å². The summed E-state index contributed by atoms with van der Waals surface area (Å²) in [4.78, 5) is 4.69. The molecule has 19 heavy (non-hydrogen) atoms. The van der Waals surface area contributed by atoms with Gasteiger partial charge in [0.25, 0.3) is 0 Å². The zero-order valence-corrected chi connectivity index (χ0v) is 12.2. The molecule has 4 heteroatoms. The lowest BCUT2D eigenvalue weighted by Gasteiger charge is -2.26. The van der Waals surface area contributed by atoms with E-state index in [-0.39, 0.29) is 0 Å². The molecule has 0 aliphatic carbocycles. The van der Waals surface area contributed by atoms with Gasteiger partial charge in [0.05, 0.1) is 0 Å². The summed E-state index contributed by atoms with van der Waals surface area (Å²) in [6, 6.07) is 6.16. The Hall–Kier alpha value is -1.42. The van der Waals surface area contributed by atoms with Gasteiger partial charge in [-0.05, 0) is 25.2 Å². The molecule has 1 aliphatic rings. The molecule has 0 saturated carbocycles. The van der Waals surface area contributed by atoms with E-state index < -0.39 is 0 Å². The second-order valence-corrected chi connectivity index (χ2v) is 4.78. The van der Waals surface area contributed by atoms with E-state index in [0.717, 1.165) is 37.7 Å². The normalized spacial score (nSPS) is 13.7. The zero-order valence-electron chi connectivity index (χ0n) is 12.2. The number of nitrogens with zero attached hydrogens (tertiary/aromatic N) is 2. The third kappa shape index (κ3) is 3.53. The van der Waals surface area contributed by atoms with Gasteiger partial charge in [0.1, 0.15) is 13.2 Å². The monoisotopic (exact) mass is 264 g/mol. The van der Waals surface area contributed by atoms with Crippen molar-refractivity contribution in [2.24, 2.45) is 0 Å². The van der Waals surface area contributed by atoms with Crippen LogP contribution in [-0.4, -0.2) is 51.3 Å². The number of rotatable bonds is 6. The SMILES string of the molecule is CCN(CC)CCN(C)c1ccc2c(c1)OCCO2. The lowest BCUT2D eigenvalue weighted by Crippen LogP contribution is -2.33. The van der Waals surface area contributed by atoms with Gasteiger partial charge in [0, 0.05) is 31.9 Å². The Balaban J connectivity index is 1.97. The quantitative estimate of drug-likeness (QED) is 0.786. The van der Waals surface area contributed by atoms with Crippen molar-refractivity contribution in [3.05, 3.63) is 18.2 Å². The topological polar surface area (TPSA) is 24.9 Å². The predicted molar refractivity (Wildman–Crippen MR) is 78.5 cm³/mol. The molecule has 1 aromatic carbocycles. The highest BCUT2D eigenvalue weighted by molar-refractivity contribution is 5.56. The minimum absolute atomic E-state index is 0.639. The van der Waals surface area contributed by atoms with Gasteiger partial charge in [-0.1, -0.05) is 13.8 Å². The molecule has 1 aromatic rings. The first kappa shape index (κ1) is 14.0. The maximum Gasteiger partial charge on any atom is 0.163 e. The molecule has 0 radical (unpaired) electrons. The highest BCUT2D eigenvalue weighted by atomic mass is 16.6. The fraction of sp³-hybridized carbons (Fsp3) is 0.600. The van der Waals surface area contributed by atoms with Crippen LogP contribution in [0.5, 0.6) is 11.5 Å². The lowest BCUT2D eigenvalue weighted by molar-refractivity contribution is 0.171. The van der Waals surface area contributed by atoms with E-state index >= 15 is 0 Å². The summed E-state index contributed by atoms with van der Waals surface area (Å²) in [5.41, 5.74) is 1.18. The molecule has 1 aliphatic heterocycles. The molecular weight excluding hydrogens is 240 g/mol. The van der Waals surface area contributed by atoms with Crippen LogP contribution < -0.4 is 14.4 Å². The van der Waals surface area contributed by atoms with E-state index in [1.165, 1.54) is 5.69 Å². The first-order valence-corrected chi connectivity index (χ1v) is 7.07. The average molecular weight is 264 g/mol. The number of ether oxygens (including phenoxy) is 2. The molecule has 0 bridgehead atoms. The summed E-state index contributed by atoms with van der Waals surface area (Å²) in [7, 11) is 2.12. The van der Waals surface area contributed by atoms with E-state index in [2.05, 4.69) is 42.8 Å². The van der Waals surface area contributed by atoms with Crippen molar-refractivity contribution < 1.29 is 9.47 Å². The minimum Gasteiger partial charge on any atom is -0.486 e. The summed E-state index contributed by atoms with van der Waals surface area (Å²) in [6.07, 6.45) is 0. The second kappa shape index (κ2) is 6.66. The van der Waals surface area contributed by atoms with Crippen LogP contribution in [0.4, 0.5) is 5.69 Å². The molecule has 0 saturated heterocycles. The highest BCUT2D eigenvalue weighted by Crippen LogP contribution is 2.33. The molecule has 0 N–H and O–H groups in total. The molecule has 106 valence electrons. The van der Waals surface area contributed by atoms with Crippen LogP contribution in [-0.2, 0) is 0 Å². The van der Waals surface area contributed by atoms with Gasteiger partial charge in [-0.2, -0.15) is 0 Å². The molecular formula is C15H24N2O2. The summed E-state index contributed by atoms with van der Waals surface area (Å²) in [5, 5.41) is 0. The third-order valence-electron chi connectivity index (χ3n) is 3.61. The van der Waals surface area contributed by atoms with Gasteiger partial charge in [0.15, 0.2) is 11.5 Å². The average Bonchev–Trinajstić information content (AvgIpc) is 2.47. The van der Waals surface area contributed by atoms with Crippen molar-refractivity contribution >= 4 is 5.69 Å². The van der Waals surface area contributed by atoms with Gasteiger partial charge in [-0.15, -0.1) is 0 Å². The van der Waals surface area contributed by atoms with E-state index in [1.54, 1.807) is 0 Å². The van der Waals surface area contributed by atoms with Gasteiger partial charge in [0.2, 0.25) is 0 Å². The zero-order chi connectivity index (χ0) is 13.7. The Morgan fingerprint density at radius 3 is 2.37 bits per heavy atom. The summed E-state index contributed by atoms with van der Waals surface area (Å²) < 4.78 is 11.2. The summed E-state index contributed by atoms with van der Waals surface area (Å²) in [5.74, 6) is 1.71. The standard InChI is InChI=1S/C15H24N2O2/c1-4-17(5-2)9-8-16(3)13-6-7-14-15(12-13)19-11-10-18-14/h6-7,12H,4-5,8-11H2,1-3H3. The predicted octanol–water partition coefficient (Wildman–Crippen LogP) is 2.24. The van der Waals surface area contributed by atoms with E-state index in [4.69, 9.17) is 9.47 Å². The number of benzene rings is 1. The van der Waals surface area contributed by atoms with Crippen molar-refractivity contribution in [2.45, 2.75) is 13.8 Å². The molecule has 0 amide bonds. The molecule has 1 heterocycles. The maximum atomic E-state index is 5.62. The third-order valence-corrected chi connectivity index (χ3v) is 3.61. The fourth-order valence-electron chi connectivity index (χ4n) is 2.23. The van der Waals surface area contributed by atoms with Crippen molar-refractivity contribution in [1.29, 1.82) is 0 Å². The van der Waals surface area contributed by atoms with Crippen LogP contribution in [0.3, 0.4) is 0 Å². The first-order chi connectivity index (χ1) is 9.24. The van der Waals surface area contributed by atoms with Crippen LogP contribution in [0.1, 0.15) is 13.8 Å². The van der Waals surface area contributed by atoms with Crippen LogP contribution >= 0.6 is 0 Å². The molecule has 2 rings (SSSR count). The van der Waals surface area contributed by atoms with Crippen LogP contribution in [0, 0.1) is 0 Å². The lowest BCUT2D eigenvalue weighted by atomic mass is 10.2. The summed E-state index contributed by atoms with van der Waals surface area (Å²) in [6.45, 7) is 9.99. The van der Waals surface area contributed by atoms with Gasteiger partial charge >= 0.3 is 0 Å².